The molecule has 19 heavy (non-hydrogen) atoms. The van der Waals surface area contributed by atoms with Gasteiger partial charge in [-0.3, -0.25) is 4.98 Å². The molecule has 0 atom stereocenters. The third-order valence-corrected chi connectivity index (χ3v) is 3.14. The number of hydrogen-bond donors (Lipinski definition) is 1. The fourth-order valence-electron chi connectivity index (χ4n) is 2.10. The van der Waals surface area contributed by atoms with E-state index in [0.29, 0.717) is 5.56 Å². The van der Waals surface area contributed by atoms with E-state index in [1.54, 1.807) is 18.3 Å². The Morgan fingerprint density at radius 3 is 2.68 bits per heavy atom. The van der Waals surface area contributed by atoms with Gasteiger partial charge in [-0.2, -0.15) is 0 Å². The number of pyridine rings is 1. The highest BCUT2D eigenvalue weighted by Gasteiger charge is 2.05. The predicted molar refractivity (Wildman–Crippen MR) is 73.1 cm³/mol. The van der Waals surface area contributed by atoms with Crippen LogP contribution in [0.1, 0.15) is 5.56 Å². The first-order valence-corrected chi connectivity index (χ1v) is 6.02. The van der Waals surface area contributed by atoms with Crippen molar-refractivity contribution in [3.63, 3.8) is 0 Å². The van der Waals surface area contributed by atoms with Crippen molar-refractivity contribution in [3.8, 4) is 11.1 Å². The van der Waals surface area contributed by atoms with Gasteiger partial charge in [0.25, 0.3) is 0 Å². The normalized spacial score (nSPS) is 10.8. The van der Waals surface area contributed by atoms with Crippen LogP contribution in [0.4, 0.5) is 4.39 Å². The molecule has 0 spiro atoms. The Kier molecular flexibility index (Phi) is 2.97. The third kappa shape index (κ3) is 2.20. The number of fused-ring (bicyclic) bond motifs is 1. The van der Waals surface area contributed by atoms with Crippen LogP contribution in [0.5, 0.6) is 0 Å². The summed E-state index contributed by atoms with van der Waals surface area (Å²) < 4.78 is 13.4. The number of halogens is 1. The van der Waals surface area contributed by atoms with Crippen molar-refractivity contribution in [1.82, 2.24) is 4.98 Å². The van der Waals surface area contributed by atoms with Gasteiger partial charge in [0.05, 0.1) is 12.1 Å². The van der Waals surface area contributed by atoms with E-state index in [2.05, 4.69) is 4.98 Å². The highest BCUT2D eigenvalue weighted by atomic mass is 19.1. The summed E-state index contributed by atoms with van der Waals surface area (Å²) in [6.45, 7) is -0.305. The smallest absolute Gasteiger partial charge is 0.128 e. The number of rotatable bonds is 2. The Labute approximate surface area is 110 Å². The summed E-state index contributed by atoms with van der Waals surface area (Å²) in [7, 11) is 0. The Morgan fingerprint density at radius 2 is 1.84 bits per heavy atom. The zero-order valence-corrected chi connectivity index (χ0v) is 10.2. The first kappa shape index (κ1) is 11.8. The SMILES string of the molecule is OCc1cc(-c2cnc3ccccc3c2)ccc1F. The zero-order valence-electron chi connectivity index (χ0n) is 10.2. The molecule has 2 aromatic carbocycles. The molecule has 94 valence electrons. The lowest BCUT2D eigenvalue weighted by Gasteiger charge is -2.06. The largest absolute Gasteiger partial charge is 0.392 e. The molecular weight excluding hydrogens is 241 g/mol. The lowest BCUT2D eigenvalue weighted by atomic mass is 10.0. The Bertz CT molecular complexity index is 740. The second-order valence-electron chi connectivity index (χ2n) is 4.38. The van der Waals surface area contributed by atoms with Crippen LogP contribution in [0.25, 0.3) is 22.0 Å². The van der Waals surface area contributed by atoms with E-state index in [4.69, 9.17) is 5.11 Å². The van der Waals surface area contributed by atoms with Crippen molar-refractivity contribution in [3.05, 3.63) is 66.1 Å². The quantitative estimate of drug-likeness (QED) is 0.757. The van der Waals surface area contributed by atoms with E-state index in [0.717, 1.165) is 22.0 Å². The molecule has 0 aliphatic carbocycles. The minimum Gasteiger partial charge on any atom is -0.392 e. The molecule has 0 unspecified atom stereocenters. The van der Waals surface area contributed by atoms with Crippen molar-refractivity contribution in [2.45, 2.75) is 6.61 Å². The second kappa shape index (κ2) is 4.78. The summed E-state index contributed by atoms with van der Waals surface area (Å²) in [6, 6.07) is 14.6. The second-order valence-corrected chi connectivity index (χ2v) is 4.38. The van der Waals surface area contributed by atoms with Crippen molar-refractivity contribution < 1.29 is 9.50 Å². The van der Waals surface area contributed by atoms with Gasteiger partial charge in [0.1, 0.15) is 5.82 Å². The summed E-state index contributed by atoms with van der Waals surface area (Å²) >= 11 is 0. The number of aromatic nitrogens is 1. The first-order chi connectivity index (χ1) is 9.28. The summed E-state index contributed by atoms with van der Waals surface area (Å²) in [6.07, 6.45) is 1.76. The summed E-state index contributed by atoms with van der Waals surface area (Å²) in [4.78, 5) is 4.38. The minimum atomic E-state index is -0.389. The van der Waals surface area contributed by atoms with Gasteiger partial charge < -0.3 is 5.11 Å². The monoisotopic (exact) mass is 253 g/mol. The average molecular weight is 253 g/mol. The van der Waals surface area contributed by atoms with Crippen LogP contribution in [0.2, 0.25) is 0 Å². The predicted octanol–water partition coefficient (Wildman–Crippen LogP) is 3.53. The van der Waals surface area contributed by atoms with E-state index in [1.807, 2.05) is 30.3 Å². The highest BCUT2D eigenvalue weighted by Crippen LogP contribution is 2.24. The van der Waals surface area contributed by atoms with Crippen molar-refractivity contribution >= 4 is 10.9 Å². The van der Waals surface area contributed by atoms with E-state index >= 15 is 0 Å². The summed E-state index contributed by atoms with van der Waals surface area (Å²) in [5.41, 5.74) is 2.98. The van der Waals surface area contributed by atoms with Gasteiger partial charge in [-0.1, -0.05) is 24.3 Å². The summed E-state index contributed by atoms with van der Waals surface area (Å²) in [5, 5.41) is 10.1. The van der Waals surface area contributed by atoms with Crippen LogP contribution >= 0.6 is 0 Å². The van der Waals surface area contributed by atoms with Crippen LogP contribution in [0.3, 0.4) is 0 Å². The van der Waals surface area contributed by atoms with Crippen molar-refractivity contribution in [2.24, 2.45) is 0 Å². The van der Waals surface area contributed by atoms with E-state index in [1.165, 1.54) is 6.07 Å². The molecule has 0 fully saturated rings. The minimum absolute atomic E-state index is 0.297. The number of aliphatic hydroxyl groups excluding tert-OH is 1. The highest BCUT2D eigenvalue weighted by molar-refractivity contribution is 5.83. The Balaban J connectivity index is 2.13. The number of benzene rings is 2. The van der Waals surface area contributed by atoms with Gasteiger partial charge in [-0.15, -0.1) is 0 Å². The third-order valence-electron chi connectivity index (χ3n) is 3.14. The maximum Gasteiger partial charge on any atom is 0.128 e. The maximum absolute atomic E-state index is 13.4. The standard InChI is InChI=1S/C16H12FNO/c17-15-6-5-11(7-14(15)10-19)13-8-12-3-1-2-4-16(12)18-9-13/h1-9,19H,10H2. The molecule has 0 radical (unpaired) electrons. The maximum atomic E-state index is 13.4. The Morgan fingerprint density at radius 1 is 1.00 bits per heavy atom. The fourth-order valence-corrected chi connectivity index (χ4v) is 2.10. The molecule has 0 saturated carbocycles. The molecule has 3 rings (SSSR count). The summed E-state index contributed by atoms with van der Waals surface area (Å²) in [5.74, 6) is -0.389. The lowest BCUT2D eigenvalue weighted by molar-refractivity contribution is 0.276. The van der Waals surface area contributed by atoms with Crippen LogP contribution in [-0.2, 0) is 6.61 Å². The number of para-hydroxylation sites is 1. The molecule has 1 N–H and O–H groups in total. The first-order valence-electron chi connectivity index (χ1n) is 6.02. The van der Waals surface area contributed by atoms with Crippen LogP contribution in [0, 0.1) is 5.82 Å². The van der Waals surface area contributed by atoms with Gasteiger partial charge in [0, 0.05) is 22.7 Å². The van der Waals surface area contributed by atoms with Gasteiger partial charge >= 0.3 is 0 Å². The van der Waals surface area contributed by atoms with E-state index in [9.17, 15) is 4.39 Å². The Hall–Kier alpha value is -2.26. The molecule has 0 amide bonds. The van der Waals surface area contributed by atoms with Crippen molar-refractivity contribution in [2.75, 3.05) is 0 Å². The molecule has 1 heterocycles. The molecule has 0 aliphatic rings. The molecular formula is C16H12FNO. The molecule has 1 aromatic heterocycles. The van der Waals surface area contributed by atoms with Gasteiger partial charge in [-0.05, 0) is 29.8 Å². The van der Waals surface area contributed by atoms with Crippen LogP contribution in [-0.4, -0.2) is 10.1 Å². The van der Waals surface area contributed by atoms with E-state index < -0.39 is 0 Å². The number of aliphatic hydroxyl groups is 1. The van der Waals surface area contributed by atoms with Gasteiger partial charge in [0.2, 0.25) is 0 Å². The van der Waals surface area contributed by atoms with Crippen LogP contribution in [0.15, 0.2) is 54.7 Å². The molecule has 0 saturated heterocycles. The molecule has 3 heteroatoms. The number of hydrogen-bond acceptors (Lipinski definition) is 2. The molecule has 3 aromatic rings. The van der Waals surface area contributed by atoms with E-state index in [-0.39, 0.29) is 12.4 Å². The fraction of sp³-hybridized carbons (Fsp3) is 0.0625. The number of nitrogens with zero attached hydrogens (tertiary/aromatic N) is 1. The average Bonchev–Trinajstić information content (AvgIpc) is 2.47. The molecule has 2 nitrogen and oxygen atoms in total. The molecule has 0 bridgehead atoms. The molecule has 0 aliphatic heterocycles. The topological polar surface area (TPSA) is 33.1 Å². The zero-order chi connectivity index (χ0) is 13.2. The van der Waals surface area contributed by atoms with Crippen molar-refractivity contribution in [1.29, 1.82) is 0 Å². The lowest BCUT2D eigenvalue weighted by Crippen LogP contribution is -1.91. The van der Waals surface area contributed by atoms with Gasteiger partial charge in [0.15, 0.2) is 0 Å². The van der Waals surface area contributed by atoms with Crippen LogP contribution < -0.4 is 0 Å². The van der Waals surface area contributed by atoms with Gasteiger partial charge in [-0.25, -0.2) is 4.39 Å².